The maximum atomic E-state index is 12.3. The van der Waals surface area contributed by atoms with E-state index in [2.05, 4.69) is 10.4 Å². The van der Waals surface area contributed by atoms with E-state index in [9.17, 15) is 4.79 Å². The molecule has 2 nitrogen and oxygen atoms in total. The zero-order valence-electron chi connectivity index (χ0n) is 10.8. The lowest BCUT2D eigenvalue weighted by atomic mass is 9.87. The number of thiazole rings is 1. The lowest BCUT2D eigenvalue weighted by molar-refractivity contribution is 0.103. The molecule has 19 heavy (non-hydrogen) atoms. The first-order valence-electron chi connectivity index (χ1n) is 6.90. The van der Waals surface area contributed by atoms with E-state index in [1.807, 2.05) is 30.3 Å². The number of aromatic nitrogens is 1. The second-order valence-corrected chi connectivity index (χ2v) is 5.97. The van der Waals surface area contributed by atoms with E-state index in [-0.39, 0.29) is 5.78 Å². The third-order valence-electron chi connectivity index (χ3n) is 3.78. The Morgan fingerprint density at radius 3 is 2.58 bits per heavy atom. The number of benzene rings is 1. The van der Waals surface area contributed by atoms with Gasteiger partial charge in [-0.25, -0.2) is 4.98 Å². The van der Waals surface area contributed by atoms with Crippen molar-refractivity contribution in [3.8, 4) is 0 Å². The van der Waals surface area contributed by atoms with E-state index >= 15 is 0 Å². The molecule has 98 valence electrons. The summed E-state index contributed by atoms with van der Waals surface area (Å²) in [6.45, 7) is 0. The molecule has 0 aliphatic heterocycles. The lowest BCUT2D eigenvalue weighted by Crippen LogP contribution is -2.06. The molecule has 1 aliphatic rings. The fourth-order valence-electron chi connectivity index (χ4n) is 2.69. The van der Waals surface area contributed by atoms with Crippen molar-refractivity contribution in [3.05, 3.63) is 52.0 Å². The molecule has 0 bridgehead atoms. The molecule has 3 rings (SSSR count). The minimum Gasteiger partial charge on any atom is -0.286 e. The molecule has 1 aliphatic carbocycles. The molecule has 0 saturated heterocycles. The summed E-state index contributed by atoms with van der Waals surface area (Å²) in [6, 6.07) is 9.41. The van der Waals surface area contributed by atoms with Crippen molar-refractivity contribution in [1.29, 1.82) is 0 Å². The van der Waals surface area contributed by atoms with Gasteiger partial charge in [0.05, 0.1) is 5.69 Å². The fraction of sp³-hybridized carbons (Fsp3) is 0.375. The smallest absolute Gasteiger partial charge is 0.221 e. The van der Waals surface area contributed by atoms with Gasteiger partial charge in [-0.3, -0.25) is 4.79 Å². The fourth-order valence-corrected chi connectivity index (χ4v) is 3.55. The highest BCUT2D eigenvalue weighted by molar-refractivity contribution is 7.12. The van der Waals surface area contributed by atoms with Crippen LogP contribution in [0.3, 0.4) is 0 Å². The second kappa shape index (κ2) is 5.66. The van der Waals surface area contributed by atoms with E-state index in [1.165, 1.54) is 43.4 Å². The van der Waals surface area contributed by atoms with Gasteiger partial charge >= 0.3 is 0 Å². The van der Waals surface area contributed by atoms with Gasteiger partial charge in [-0.05, 0) is 12.8 Å². The molecule has 0 amide bonds. The molecule has 3 heteroatoms. The molecular formula is C16H17NOS. The Balaban J connectivity index is 1.79. The topological polar surface area (TPSA) is 30.0 Å². The van der Waals surface area contributed by atoms with Crippen LogP contribution in [0.25, 0.3) is 0 Å². The second-order valence-electron chi connectivity index (χ2n) is 5.11. The van der Waals surface area contributed by atoms with E-state index in [0.717, 1.165) is 11.3 Å². The standard InChI is InChI=1S/C16H17NOS/c18-15(13-9-5-2-6-10-13)16-17-14(11-19-16)12-7-3-1-4-8-12/h2,5-6,9-12H,1,3-4,7-8H2. The number of carbonyl (C=O) groups is 1. The van der Waals surface area contributed by atoms with Crippen molar-refractivity contribution in [3.63, 3.8) is 0 Å². The van der Waals surface area contributed by atoms with Crippen LogP contribution < -0.4 is 0 Å². The first kappa shape index (κ1) is 12.5. The Morgan fingerprint density at radius 1 is 1.11 bits per heavy atom. The summed E-state index contributed by atoms with van der Waals surface area (Å²) >= 11 is 1.49. The van der Waals surface area contributed by atoms with Crippen LogP contribution in [-0.4, -0.2) is 10.8 Å². The van der Waals surface area contributed by atoms with E-state index in [0.29, 0.717) is 10.9 Å². The van der Waals surface area contributed by atoms with Crippen LogP contribution in [0.2, 0.25) is 0 Å². The number of hydrogen-bond donors (Lipinski definition) is 0. The van der Waals surface area contributed by atoms with Gasteiger partial charge in [0, 0.05) is 16.9 Å². The molecule has 0 spiro atoms. The summed E-state index contributed by atoms with van der Waals surface area (Å²) in [5, 5.41) is 2.71. The molecule has 1 heterocycles. The quantitative estimate of drug-likeness (QED) is 0.773. The predicted octanol–water partition coefficient (Wildman–Crippen LogP) is 4.42. The third kappa shape index (κ3) is 2.76. The molecule has 0 atom stereocenters. The minimum atomic E-state index is 0.0488. The molecule has 0 radical (unpaired) electrons. The van der Waals surface area contributed by atoms with Crippen LogP contribution >= 0.6 is 11.3 Å². The summed E-state index contributed by atoms with van der Waals surface area (Å²) < 4.78 is 0. The number of rotatable bonds is 3. The van der Waals surface area contributed by atoms with Crippen molar-refractivity contribution in [2.75, 3.05) is 0 Å². The summed E-state index contributed by atoms with van der Waals surface area (Å²) in [6.07, 6.45) is 6.39. The van der Waals surface area contributed by atoms with Gasteiger partial charge in [0.2, 0.25) is 5.78 Å². The minimum absolute atomic E-state index is 0.0488. The summed E-state index contributed by atoms with van der Waals surface area (Å²) in [5.41, 5.74) is 1.86. The van der Waals surface area contributed by atoms with Crippen molar-refractivity contribution < 1.29 is 4.79 Å². The van der Waals surface area contributed by atoms with Gasteiger partial charge in [-0.15, -0.1) is 11.3 Å². The highest BCUT2D eigenvalue weighted by atomic mass is 32.1. The van der Waals surface area contributed by atoms with Crippen molar-refractivity contribution in [1.82, 2.24) is 4.98 Å². The number of nitrogens with zero attached hydrogens (tertiary/aromatic N) is 1. The third-order valence-corrected chi connectivity index (χ3v) is 4.63. The van der Waals surface area contributed by atoms with E-state index in [4.69, 9.17) is 0 Å². The Kier molecular flexibility index (Phi) is 3.74. The molecule has 1 saturated carbocycles. The van der Waals surface area contributed by atoms with Crippen molar-refractivity contribution in [2.45, 2.75) is 38.0 Å². The summed E-state index contributed by atoms with van der Waals surface area (Å²) in [7, 11) is 0. The maximum Gasteiger partial charge on any atom is 0.221 e. The van der Waals surface area contributed by atoms with Crippen LogP contribution in [-0.2, 0) is 0 Å². The van der Waals surface area contributed by atoms with Crippen molar-refractivity contribution >= 4 is 17.1 Å². The Bertz CT molecular complexity index is 555. The molecule has 2 aromatic rings. The SMILES string of the molecule is O=C(c1ccccc1)c1nc(C2CCCCC2)cs1. The molecule has 1 aromatic heterocycles. The van der Waals surface area contributed by atoms with Crippen molar-refractivity contribution in [2.24, 2.45) is 0 Å². The van der Waals surface area contributed by atoms with Crippen LogP contribution in [0.15, 0.2) is 35.7 Å². The van der Waals surface area contributed by atoms with Crippen LogP contribution in [0.1, 0.15) is 59.1 Å². The average Bonchev–Trinajstić information content (AvgIpc) is 2.98. The monoisotopic (exact) mass is 271 g/mol. The first-order chi connectivity index (χ1) is 9.34. The zero-order chi connectivity index (χ0) is 13.1. The van der Waals surface area contributed by atoms with Gasteiger partial charge in [-0.2, -0.15) is 0 Å². The summed E-state index contributed by atoms with van der Waals surface area (Å²) in [5.74, 6) is 0.620. The van der Waals surface area contributed by atoms with E-state index < -0.39 is 0 Å². The molecule has 0 unspecified atom stereocenters. The summed E-state index contributed by atoms with van der Waals surface area (Å²) in [4.78, 5) is 16.9. The zero-order valence-corrected chi connectivity index (χ0v) is 11.7. The Labute approximate surface area is 117 Å². The van der Waals surface area contributed by atoms with Crippen LogP contribution in [0, 0.1) is 0 Å². The highest BCUT2D eigenvalue weighted by Crippen LogP contribution is 2.33. The van der Waals surface area contributed by atoms with Crippen LogP contribution in [0.4, 0.5) is 0 Å². The average molecular weight is 271 g/mol. The first-order valence-corrected chi connectivity index (χ1v) is 7.78. The van der Waals surface area contributed by atoms with Gasteiger partial charge in [0.15, 0.2) is 5.01 Å². The molecular weight excluding hydrogens is 254 g/mol. The van der Waals surface area contributed by atoms with Crippen LogP contribution in [0.5, 0.6) is 0 Å². The molecule has 1 aromatic carbocycles. The Morgan fingerprint density at radius 2 is 1.84 bits per heavy atom. The predicted molar refractivity (Wildman–Crippen MR) is 77.8 cm³/mol. The van der Waals surface area contributed by atoms with Gasteiger partial charge in [0.25, 0.3) is 0 Å². The number of hydrogen-bond acceptors (Lipinski definition) is 3. The highest BCUT2D eigenvalue weighted by Gasteiger charge is 2.20. The lowest BCUT2D eigenvalue weighted by Gasteiger charge is -2.19. The number of ketones is 1. The van der Waals surface area contributed by atoms with Gasteiger partial charge < -0.3 is 0 Å². The van der Waals surface area contributed by atoms with Gasteiger partial charge in [-0.1, -0.05) is 49.6 Å². The normalized spacial score (nSPS) is 16.4. The Hall–Kier alpha value is -1.48. The van der Waals surface area contributed by atoms with E-state index in [1.54, 1.807) is 0 Å². The number of carbonyl (C=O) groups excluding carboxylic acids is 1. The maximum absolute atomic E-state index is 12.3. The molecule has 1 fully saturated rings. The largest absolute Gasteiger partial charge is 0.286 e. The van der Waals surface area contributed by atoms with Gasteiger partial charge in [0.1, 0.15) is 0 Å². The molecule has 0 N–H and O–H groups in total.